The van der Waals surface area contributed by atoms with Crippen molar-refractivity contribution in [1.29, 1.82) is 0 Å². The largest absolute Gasteiger partial charge is 0.508 e. The average Bonchev–Trinajstić information content (AvgIpc) is 1.64. The minimum Gasteiger partial charge on any atom is -0.434 e. The van der Waals surface area contributed by atoms with Crippen LogP contribution >= 0.6 is 0 Å². The van der Waals surface area contributed by atoms with Crippen LogP contribution in [0.5, 0.6) is 0 Å². The van der Waals surface area contributed by atoms with Gasteiger partial charge in [-0.3, -0.25) is 0 Å². The van der Waals surface area contributed by atoms with E-state index in [9.17, 15) is 4.79 Å². The molecule has 8 heavy (non-hydrogen) atoms. The van der Waals surface area contributed by atoms with Crippen LogP contribution in [0.25, 0.3) is 0 Å². The molecule has 0 aromatic rings. The number of rotatable bonds is 0. The quantitative estimate of drug-likeness (QED) is 0.442. The minimum absolute atomic E-state index is 0.0382. The second kappa shape index (κ2) is 2.03. The molecule has 0 amide bonds. The van der Waals surface area contributed by atoms with Crippen molar-refractivity contribution >= 4 is 6.16 Å². The molecule has 0 N–H and O–H groups in total. The Kier molecular flexibility index (Phi) is 1.37. The van der Waals surface area contributed by atoms with Crippen LogP contribution in [0.1, 0.15) is 13.3 Å². The first-order valence-corrected chi connectivity index (χ1v) is 2.62. The van der Waals surface area contributed by atoms with E-state index in [2.05, 4.69) is 9.47 Å². The van der Waals surface area contributed by atoms with Gasteiger partial charge in [0.25, 0.3) is 0 Å². The molecule has 0 aromatic carbocycles. The van der Waals surface area contributed by atoms with E-state index in [0.717, 1.165) is 6.42 Å². The van der Waals surface area contributed by atoms with Crippen LogP contribution in [-0.2, 0) is 9.47 Å². The fraction of sp³-hybridized carbons (Fsp3) is 0.800. The molecule has 3 nitrogen and oxygen atoms in total. The predicted molar refractivity (Wildman–Crippen MR) is 26.5 cm³/mol. The van der Waals surface area contributed by atoms with Crippen molar-refractivity contribution < 1.29 is 14.3 Å². The number of hydrogen-bond acceptors (Lipinski definition) is 3. The molecule has 0 spiro atoms. The van der Waals surface area contributed by atoms with Crippen molar-refractivity contribution in [1.82, 2.24) is 0 Å². The van der Waals surface area contributed by atoms with Gasteiger partial charge in [-0.1, -0.05) is 0 Å². The van der Waals surface area contributed by atoms with Gasteiger partial charge in [0.05, 0.1) is 6.61 Å². The molecule has 1 aliphatic rings. The summed E-state index contributed by atoms with van der Waals surface area (Å²) in [7, 11) is 0. The standard InChI is InChI=1S/C5H8O3/c1-4-2-3-7-5(6)8-4/h4H,2-3H2,1H3/t4-/m0/s1. The van der Waals surface area contributed by atoms with Gasteiger partial charge in [-0.2, -0.15) is 0 Å². The monoisotopic (exact) mass is 116 g/mol. The Bertz CT molecular complexity index is 99.8. The highest BCUT2D eigenvalue weighted by Gasteiger charge is 2.16. The minimum atomic E-state index is -0.538. The summed E-state index contributed by atoms with van der Waals surface area (Å²) >= 11 is 0. The van der Waals surface area contributed by atoms with Gasteiger partial charge in [-0.05, 0) is 6.92 Å². The topological polar surface area (TPSA) is 35.5 Å². The Morgan fingerprint density at radius 3 is 2.88 bits per heavy atom. The highest BCUT2D eigenvalue weighted by atomic mass is 16.7. The summed E-state index contributed by atoms with van der Waals surface area (Å²) in [6.45, 7) is 2.35. The second-order valence-electron chi connectivity index (χ2n) is 1.82. The van der Waals surface area contributed by atoms with E-state index >= 15 is 0 Å². The summed E-state index contributed by atoms with van der Waals surface area (Å²) in [5, 5.41) is 0. The average molecular weight is 116 g/mol. The number of cyclic esters (lactones) is 2. The molecule has 1 rings (SSSR count). The van der Waals surface area contributed by atoms with Gasteiger partial charge in [0, 0.05) is 6.42 Å². The van der Waals surface area contributed by atoms with Gasteiger partial charge in [0.1, 0.15) is 6.10 Å². The van der Waals surface area contributed by atoms with E-state index in [-0.39, 0.29) is 6.10 Å². The molecule has 46 valence electrons. The maximum Gasteiger partial charge on any atom is 0.508 e. The summed E-state index contributed by atoms with van der Waals surface area (Å²) < 4.78 is 9.11. The molecule has 1 saturated heterocycles. The van der Waals surface area contributed by atoms with Crippen LogP contribution in [0, 0.1) is 0 Å². The zero-order valence-corrected chi connectivity index (χ0v) is 4.72. The summed E-state index contributed by atoms with van der Waals surface area (Å²) in [5.41, 5.74) is 0. The van der Waals surface area contributed by atoms with Crippen molar-refractivity contribution in [3.8, 4) is 0 Å². The molecule has 1 fully saturated rings. The first kappa shape index (κ1) is 5.41. The van der Waals surface area contributed by atoms with E-state index in [0.29, 0.717) is 6.61 Å². The summed E-state index contributed by atoms with van der Waals surface area (Å²) in [6, 6.07) is 0. The highest BCUT2D eigenvalue weighted by Crippen LogP contribution is 2.05. The Morgan fingerprint density at radius 2 is 2.50 bits per heavy atom. The lowest BCUT2D eigenvalue weighted by atomic mass is 10.3. The molecule has 1 heterocycles. The molecule has 0 radical (unpaired) electrons. The third-order valence-corrected chi connectivity index (χ3v) is 1.04. The van der Waals surface area contributed by atoms with Crippen LogP contribution in [0.4, 0.5) is 4.79 Å². The summed E-state index contributed by atoms with van der Waals surface area (Å²) in [6.07, 6.45) is 0.311. The molecular formula is C5H8O3. The van der Waals surface area contributed by atoms with Crippen molar-refractivity contribution in [2.24, 2.45) is 0 Å². The van der Waals surface area contributed by atoms with Crippen LogP contribution in [-0.4, -0.2) is 18.9 Å². The maximum absolute atomic E-state index is 10.2. The lowest BCUT2D eigenvalue weighted by molar-refractivity contribution is -0.0154. The van der Waals surface area contributed by atoms with Crippen molar-refractivity contribution in [2.45, 2.75) is 19.4 Å². The number of ether oxygens (including phenoxy) is 2. The number of carbonyl (C=O) groups is 1. The van der Waals surface area contributed by atoms with E-state index in [1.807, 2.05) is 6.92 Å². The zero-order chi connectivity index (χ0) is 5.98. The van der Waals surface area contributed by atoms with E-state index < -0.39 is 6.16 Å². The van der Waals surface area contributed by atoms with Gasteiger partial charge in [0.2, 0.25) is 0 Å². The predicted octanol–water partition coefficient (Wildman–Crippen LogP) is 0.932. The normalized spacial score (nSPS) is 28.6. The van der Waals surface area contributed by atoms with Crippen LogP contribution in [0.3, 0.4) is 0 Å². The fourth-order valence-electron chi connectivity index (χ4n) is 0.565. The highest BCUT2D eigenvalue weighted by molar-refractivity contribution is 5.60. The molecule has 0 saturated carbocycles. The van der Waals surface area contributed by atoms with Crippen molar-refractivity contribution in [3.05, 3.63) is 0 Å². The lowest BCUT2D eigenvalue weighted by Crippen LogP contribution is -2.24. The molecule has 0 aromatic heterocycles. The third-order valence-electron chi connectivity index (χ3n) is 1.04. The molecule has 1 atom stereocenters. The smallest absolute Gasteiger partial charge is 0.434 e. The van der Waals surface area contributed by atoms with Gasteiger partial charge >= 0.3 is 6.16 Å². The van der Waals surface area contributed by atoms with Crippen LogP contribution in [0.15, 0.2) is 0 Å². The SMILES string of the molecule is C[C@H]1CCOC(=O)O1. The molecule has 3 heteroatoms. The van der Waals surface area contributed by atoms with Crippen LogP contribution in [0.2, 0.25) is 0 Å². The number of carbonyl (C=O) groups excluding carboxylic acids is 1. The first-order valence-electron chi connectivity index (χ1n) is 2.62. The Hall–Kier alpha value is -0.730. The first-order chi connectivity index (χ1) is 3.79. The van der Waals surface area contributed by atoms with Gasteiger partial charge in [-0.25, -0.2) is 4.79 Å². The van der Waals surface area contributed by atoms with E-state index in [1.165, 1.54) is 0 Å². The Labute approximate surface area is 47.6 Å². The van der Waals surface area contributed by atoms with E-state index in [1.54, 1.807) is 0 Å². The molecule has 0 aliphatic carbocycles. The molecular weight excluding hydrogens is 108 g/mol. The summed E-state index contributed by atoms with van der Waals surface area (Å²) in [5.74, 6) is 0. The lowest BCUT2D eigenvalue weighted by Gasteiger charge is -2.17. The Morgan fingerprint density at radius 1 is 1.75 bits per heavy atom. The summed E-state index contributed by atoms with van der Waals surface area (Å²) in [4.78, 5) is 10.2. The maximum atomic E-state index is 10.2. The van der Waals surface area contributed by atoms with Gasteiger partial charge in [-0.15, -0.1) is 0 Å². The van der Waals surface area contributed by atoms with Gasteiger partial charge < -0.3 is 9.47 Å². The Balaban J connectivity index is 2.34. The van der Waals surface area contributed by atoms with Crippen LogP contribution < -0.4 is 0 Å². The molecule has 0 bridgehead atoms. The second-order valence-corrected chi connectivity index (χ2v) is 1.82. The third kappa shape index (κ3) is 1.12. The van der Waals surface area contributed by atoms with Crippen molar-refractivity contribution in [2.75, 3.05) is 6.61 Å². The number of hydrogen-bond donors (Lipinski definition) is 0. The molecule has 0 unspecified atom stereocenters. The van der Waals surface area contributed by atoms with Gasteiger partial charge in [0.15, 0.2) is 0 Å². The van der Waals surface area contributed by atoms with E-state index in [4.69, 9.17) is 0 Å². The fourth-order valence-corrected chi connectivity index (χ4v) is 0.565. The zero-order valence-electron chi connectivity index (χ0n) is 4.72. The molecule has 1 aliphatic heterocycles. The van der Waals surface area contributed by atoms with Crippen molar-refractivity contribution in [3.63, 3.8) is 0 Å².